The molecule has 0 bridgehead atoms. The summed E-state index contributed by atoms with van der Waals surface area (Å²) < 4.78 is 7.73. The Kier molecular flexibility index (Phi) is 5.13. The molecule has 6 nitrogen and oxygen atoms in total. The lowest BCUT2D eigenvalue weighted by Crippen LogP contribution is -2.38. The number of ether oxygens (including phenoxy) is 1. The van der Waals surface area contributed by atoms with Crippen LogP contribution < -0.4 is 4.74 Å². The van der Waals surface area contributed by atoms with Gasteiger partial charge in [-0.15, -0.1) is 5.10 Å². The van der Waals surface area contributed by atoms with Crippen LogP contribution in [0.15, 0.2) is 42.5 Å². The Morgan fingerprint density at radius 2 is 1.83 bits per heavy atom. The fourth-order valence-electron chi connectivity index (χ4n) is 4.12. The number of aromatic nitrogens is 4. The molecule has 3 aromatic rings. The second-order valence-electron chi connectivity index (χ2n) is 8.76. The van der Waals surface area contributed by atoms with E-state index in [1.165, 1.54) is 16.7 Å². The van der Waals surface area contributed by atoms with E-state index in [4.69, 9.17) is 4.74 Å². The molecular formula is C23H29N5O. The standard InChI is InChI=1S/C23H29N5O/c1-16-10-11-19(20(14-16)29-5)21(22-24-25-26-28(22)23(2,3)4)27-13-12-17-8-6-7-9-18(17)15-27/h6-11,14,21H,12-13,15H2,1-5H3. The van der Waals surface area contributed by atoms with Gasteiger partial charge in [0.15, 0.2) is 5.82 Å². The Labute approximate surface area is 172 Å². The summed E-state index contributed by atoms with van der Waals surface area (Å²) in [6, 6.07) is 15.0. The summed E-state index contributed by atoms with van der Waals surface area (Å²) in [7, 11) is 1.73. The fourth-order valence-corrected chi connectivity index (χ4v) is 4.12. The summed E-state index contributed by atoms with van der Waals surface area (Å²) in [5.74, 6) is 1.72. The van der Waals surface area contributed by atoms with Crippen LogP contribution in [0.25, 0.3) is 0 Å². The quantitative estimate of drug-likeness (QED) is 0.675. The summed E-state index contributed by atoms with van der Waals surface area (Å²) in [5.41, 5.74) is 4.84. The van der Waals surface area contributed by atoms with E-state index in [0.29, 0.717) is 0 Å². The van der Waals surface area contributed by atoms with Gasteiger partial charge in [0.1, 0.15) is 11.8 Å². The van der Waals surface area contributed by atoms with Gasteiger partial charge in [-0.3, -0.25) is 4.90 Å². The number of hydrogen-bond donors (Lipinski definition) is 0. The molecular weight excluding hydrogens is 362 g/mol. The maximum Gasteiger partial charge on any atom is 0.173 e. The van der Waals surface area contributed by atoms with Crippen LogP contribution >= 0.6 is 0 Å². The Balaban J connectivity index is 1.85. The van der Waals surface area contributed by atoms with Crippen molar-refractivity contribution in [3.8, 4) is 5.75 Å². The van der Waals surface area contributed by atoms with Crippen molar-refractivity contribution in [1.82, 2.24) is 25.1 Å². The van der Waals surface area contributed by atoms with E-state index < -0.39 is 0 Å². The summed E-state index contributed by atoms with van der Waals surface area (Å²) in [6.07, 6.45) is 1.01. The molecule has 0 saturated heterocycles. The Morgan fingerprint density at radius 1 is 1.07 bits per heavy atom. The van der Waals surface area contributed by atoms with Gasteiger partial charge < -0.3 is 4.74 Å². The Morgan fingerprint density at radius 3 is 2.55 bits per heavy atom. The highest BCUT2D eigenvalue weighted by molar-refractivity contribution is 5.42. The molecule has 0 aliphatic carbocycles. The second-order valence-corrected chi connectivity index (χ2v) is 8.76. The molecule has 152 valence electrons. The third-order valence-corrected chi connectivity index (χ3v) is 5.58. The van der Waals surface area contributed by atoms with Crippen molar-refractivity contribution in [3.63, 3.8) is 0 Å². The van der Waals surface area contributed by atoms with Crippen molar-refractivity contribution < 1.29 is 4.74 Å². The highest BCUT2D eigenvalue weighted by Gasteiger charge is 2.34. The topological polar surface area (TPSA) is 56.1 Å². The highest BCUT2D eigenvalue weighted by atomic mass is 16.5. The smallest absolute Gasteiger partial charge is 0.173 e. The number of hydrogen-bond acceptors (Lipinski definition) is 5. The van der Waals surface area contributed by atoms with E-state index in [0.717, 1.165) is 36.6 Å². The van der Waals surface area contributed by atoms with E-state index in [1.54, 1.807) is 7.11 Å². The van der Waals surface area contributed by atoms with Gasteiger partial charge in [0.25, 0.3) is 0 Å². The van der Waals surface area contributed by atoms with Crippen LogP contribution in [0.1, 0.15) is 54.9 Å². The molecule has 1 aromatic heterocycles. The first kappa shape index (κ1) is 19.6. The predicted octanol–water partition coefficient (Wildman–Crippen LogP) is 3.89. The van der Waals surface area contributed by atoms with Crippen molar-refractivity contribution >= 4 is 0 Å². The van der Waals surface area contributed by atoms with Crippen LogP contribution in [0.5, 0.6) is 5.75 Å². The van der Waals surface area contributed by atoms with Crippen LogP contribution in [0.4, 0.5) is 0 Å². The molecule has 0 spiro atoms. The Bertz CT molecular complexity index is 1000. The van der Waals surface area contributed by atoms with Gasteiger partial charge >= 0.3 is 0 Å². The minimum atomic E-state index is -0.220. The van der Waals surface area contributed by atoms with Gasteiger partial charge in [-0.1, -0.05) is 36.4 Å². The SMILES string of the molecule is COc1cc(C)ccc1C(c1nnnn1C(C)(C)C)N1CCc2ccccc2C1. The molecule has 0 amide bonds. The molecule has 0 saturated carbocycles. The van der Waals surface area contributed by atoms with Crippen LogP contribution in [-0.4, -0.2) is 38.8 Å². The Hall–Kier alpha value is -2.73. The number of methoxy groups -OCH3 is 1. The lowest BCUT2D eigenvalue weighted by atomic mass is 9.94. The van der Waals surface area contributed by atoms with Gasteiger partial charge in [0, 0.05) is 18.7 Å². The molecule has 0 N–H and O–H groups in total. The number of tetrazole rings is 1. The highest BCUT2D eigenvalue weighted by Crippen LogP contribution is 2.38. The van der Waals surface area contributed by atoms with Gasteiger partial charge in [-0.2, -0.15) is 0 Å². The average molecular weight is 392 g/mol. The lowest BCUT2D eigenvalue weighted by molar-refractivity contribution is 0.182. The molecule has 2 aromatic carbocycles. The summed E-state index contributed by atoms with van der Waals surface area (Å²) in [5, 5.41) is 12.9. The zero-order chi connectivity index (χ0) is 20.6. The lowest BCUT2D eigenvalue weighted by Gasteiger charge is -2.36. The van der Waals surface area contributed by atoms with Crippen LogP contribution in [-0.2, 0) is 18.5 Å². The third-order valence-electron chi connectivity index (χ3n) is 5.58. The molecule has 29 heavy (non-hydrogen) atoms. The van der Waals surface area contributed by atoms with E-state index in [9.17, 15) is 0 Å². The summed E-state index contributed by atoms with van der Waals surface area (Å²) in [6.45, 7) is 10.3. The van der Waals surface area contributed by atoms with Crippen molar-refractivity contribution in [2.75, 3.05) is 13.7 Å². The first-order chi connectivity index (χ1) is 13.9. The van der Waals surface area contributed by atoms with Gasteiger partial charge in [0.2, 0.25) is 0 Å². The fraction of sp³-hybridized carbons (Fsp3) is 0.435. The number of nitrogens with zero attached hydrogens (tertiary/aromatic N) is 5. The summed E-state index contributed by atoms with van der Waals surface area (Å²) in [4.78, 5) is 2.46. The minimum absolute atomic E-state index is 0.0897. The first-order valence-electron chi connectivity index (χ1n) is 10.1. The maximum absolute atomic E-state index is 5.79. The molecule has 4 rings (SSSR count). The van der Waals surface area contributed by atoms with Crippen LogP contribution in [0.2, 0.25) is 0 Å². The molecule has 1 aliphatic heterocycles. The maximum atomic E-state index is 5.79. The van der Waals surface area contributed by atoms with Crippen molar-refractivity contribution in [2.45, 2.75) is 52.2 Å². The largest absolute Gasteiger partial charge is 0.496 e. The summed E-state index contributed by atoms with van der Waals surface area (Å²) >= 11 is 0. The normalized spacial score (nSPS) is 15.8. The van der Waals surface area contributed by atoms with Crippen LogP contribution in [0.3, 0.4) is 0 Å². The third kappa shape index (κ3) is 3.77. The zero-order valence-corrected chi connectivity index (χ0v) is 17.9. The molecule has 2 heterocycles. The molecule has 6 heteroatoms. The van der Waals surface area contributed by atoms with E-state index in [2.05, 4.69) is 90.6 Å². The number of benzene rings is 2. The molecule has 0 fully saturated rings. The first-order valence-corrected chi connectivity index (χ1v) is 10.1. The van der Waals surface area contributed by atoms with Crippen molar-refractivity contribution in [2.24, 2.45) is 0 Å². The van der Waals surface area contributed by atoms with Crippen molar-refractivity contribution in [3.05, 3.63) is 70.5 Å². The molecule has 1 aliphatic rings. The van der Waals surface area contributed by atoms with Gasteiger partial charge in [-0.05, 0) is 67.3 Å². The predicted molar refractivity (Wildman–Crippen MR) is 113 cm³/mol. The van der Waals surface area contributed by atoms with Crippen LogP contribution in [0, 0.1) is 6.92 Å². The molecule has 1 unspecified atom stereocenters. The van der Waals surface area contributed by atoms with Gasteiger partial charge in [0.05, 0.1) is 12.6 Å². The number of rotatable bonds is 4. The second kappa shape index (κ2) is 7.59. The zero-order valence-electron chi connectivity index (χ0n) is 17.9. The van der Waals surface area contributed by atoms with Crippen molar-refractivity contribution in [1.29, 1.82) is 0 Å². The molecule has 0 radical (unpaired) electrons. The average Bonchev–Trinajstić information content (AvgIpc) is 3.19. The van der Waals surface area contributed by atoms with E-state index in [-0.39, 0.29) is 11.6 Å². The number of fused-ring (bicyclic) bond motifs is 1. The number of aryl methyl sites for hydroxylation is 1. The monoisotopic (exact) mass is 391 g/mol. The van der Waals surface area contributed by atoms with E-state index >= 15 is 0 Å². The van der Waals surface area contributed by atoms with Gasteiger partial charge in [-0.25, -0.2) is 4.68 Å². The molecule has 1 atom stereocenters. The minimum Gasteiger partial charge on any atom is -0.496 e. The van der Waals surface area contributed by atoms with E-state index in [1.807, 2.05) is 4.68 Å².